The lowest BCUT2D eigenvalue weighted by atomic mass is 9.96. The van der Waals surface area contributed by atoms with Gasteiger partial charge in [0.05, 0.1) is 22.3 Å². The summed E-state index contributed by atoms with van der Waals surface area (Å²) in [5.74, 6) is 2.45. The zero-order chi connectivity index (χ0) is 26.0. The summed E-state index contributed by atoms with van der Waals surface area (Å²) < 4.78 is 25.8. The average molecular weight is 496 g/mol. The van der Waals surface area contributed by atoms with E-state index in [4.69, 9.17) is 6.42 Å². The molecule has 1 amide bonds. The standard InChI is InChI=1S/C25H29N5O4S/c1-7-14-30(18-9-11-19(12-10-18)35(33,34)29(5)6)16-17-8-13-21-20(15-17)22(31)27-24(26-21)28-23(32)25(2,3)4/h1,8-13,15H,14,16H2,2-6H3,(H2,26,27,28,31,32). The largest absolute Gasteiger partial charge is 0.356 e. The van der Waals surface area contributed by atoms with Gasteiger partial charge in [0.1, 0.15) is 0 Å². The minimum Gasteiger partial charge on any atom is -0.356 e. The molecule has 0 saturated carbocycles. The Bertz CT molecular complexity index is 1450. The number of nitrogens with one attached hydrogen (secondary N) is 2. The smallest absolute Gasteiger partial charge is 0.260 e. The lowest BCUT2D eigenvalue weighted by Crippen LogP contribution is -2.29. The Morgan fingerprint density at radius 1 is 1.14 bits per heavy atom. The normalized spacial score (nSPS) is 11.9. The maximum absolute atomic E-state index is 12.7. The fraction of sp³-hybridized carbons (Fsp3) is 0.320. The third-order valence-electron chi connectivity index (χ3n) is 5.32. The topological polar surface area (TPSA) is 115 Å². The molecular formula is C25H29N5O4S. The lowest BCUT2D eigenvalue weighted by Gasteiger charge is -2.23. The van der Waals surface area contributed by atoms with E-state index in [1.54, 1.807) is 45.0 Å². The average Bonchev–Trinajstić information content (AvgIpc) is 2.78. The lowest BCUT2D eigenvalue weighted by molar-refractivity contribution is -0.123. The van der Waals surface area contributed by atoms with Crippen LogP contribution in [-0.2, 0) is 21.4 Å². The van der Waals surface area contributed by atoms with Crippen LogP contribution in [0.25, 0.3) is 10.9 Å². The molecule has 1 heterocycles. The molecule has 0 bridgehead atoms. The van der Waals surface area contributed by atoms with Gasteiger partial charge in [-0.1, -0.05) is 32.8 Å². The Labute approximate surface area is 205 Å². The minimum absolute atomic E-state index is 0.0944. The van der Waals surface area contributed by atoms with Gasteiger partial charge in [0.25, 0.3) is 5.56 Å². The van der Waals surface area contributed by atoms with Crippen LogP contribution in [0.15, 0.2) is 52.2 Å². The van der Waals surface area contributed by atoms with Crippen LogP contribution in [0.5, 0.6) is 0 Å². The van der Waals surface area contributed by atoms with Crippen molar-refractivity contribution in [3.05, 3.63) is 58.4 Å². The van der Waals surface area contributed by atoms with E-state index in [1.165, 1.54) is 26.2 Å². The highest BCUT2D eigenvalue weighted by atomic mass is 32.2. The Balaban J connectivity index is 1.88. The molecule has 0 unspecified atom stereocenters. The van der Waals surface area contributed by atoms with Crippen molar-refractivity contribution in [1.29, 1.82) is 0 Å². The van der Waals surface area contributed by atoms with Gasteiger partial charge in [-0.2, -0.15) is 0 Å². The van der Waals surface area contributed by atoms with Gasteiger partial charge < -0.3 is 4.90 Å². The summed E-state index contributed by atoms with van der Waals surface area (Å²) in [6.07, 6.45) is 5.57. The number of fused-ring (bicyclic) bond motifs is 1. The number of terminal acetylenes is 1. The number of benzene rings is 2. The van der Waals surface area contributed by atoms with Crippen molar-refractivity contribution in [3.8, 4) is 12.3 Å². The van der Waals surface area contributed by atoms with Crippen molar-refractivity contribution in [2.45, 2.75) is 32.2 Å². The molecule has 0 aliphatic heterocycles. The van der Waals surface area contributed by atoms with Gasteiger partial charge in [-0.05, 0) is 42.0 Å². The van der Waals surface area contributed by atoms with Crippen LogP contribution in [0, 0.1) is 17.8 Å². The van der Waals surface area contributed by atoms with Gasteiger partial charge in [0.2, 0.25) is 21.9 Å². The number of anilines is 2. The molecule has 0 aliphatic carbocycles. The number of aromatic nitrogens is 2. The van der Waals surface area contributed by atoms with Crippen LogP contribution in [-0.4, -0.2) is 49.2 Å². The summed E-state index contributed by atoms with van der Waals surface area (Å²) in [5, 5.41) is 3.02. The van der Waals surface area contributed by atoms with Crippen LogP contribution in [0.3, 0.4) is 0 Å². The van der Waals surface area contributed by atoms with Gasteiger partial charge in [-0.25, -0.2) is 17.7 Å². The molecule has 35 heavy (non-hydrogen) atoms. The fourth-order valence-electron chi connectivity index (χ4n) is 3.25. The Morgan fingerprint density at radius 2 is 1.80 bits per heavy atom. The fourth-order valence-corrected chi connectivity index (χ4v) is 4.15. The monoisotopic (exact) mass is 495 g/mol. The molecule has 3 rings (SSSR count). The number of H-pyrrole nitrogens is 1. The molecule has 2 aromatic carbocycles. The molecule has 0 saturated heterocycles. The van der Waals surface area contributed by atoms with Gasteiger partial charge in [0.15, 0.2) is 0 Å². The van der Waals surface area contributed by atoms with Crippen LogP contribution in [0.1, 0.15) is 26.3 Å². The number of hydrogen-bond donors (Lipinski definition) is 2. The first-order valence-electron chi connectivity index (χ1n) is 10.9. The van der Waals surface area contributed by atoms with E-state index in [0.29, 0.717) is 17.4 Å². The van der Waals surface area contributed by atoms with Crippen LogP contribution < -0.4 is 15.8 Å². The van der Waals surface area contributed by atoms with E-state index in [-0.39, 0.29) is 28.9 Å². The Morgan fingerprint density at radius 3 is 2.37 bits per heavy atom. The zero-order valence-electron chi connectivity index (χ0n) is 20.4. The highest BCUT2D eigenvalue weighted by Crippen LogP contribution is 2.22. The summed E-state index contributed by atoms with van der Waals surface area (Å²) in [4.78, 5) is 34.0. The highest BCUT2D eigenvalue weighted by molar-refractivity contribution is 7.89. The predicted octanol–water partition coefficient (Wildman–Crippen LogP) is 2.80. The number of amides is 1. The maximum Gasteiger partial charge on any atom is 0.260 e. The molecule has 0 radical (unpaired) electrons. The molecule has 9 nitrogen and oxygen atoms in total. The van der Waals surface area contributed by atoms with Crippen molar-refractivity contribution in [2.24, 2.45) is 5.41 Å². The van der Waals surface area contributed by atoms with Crippen molar-refractivity contribution < 1.29 is 13.2 Å². The summed E-state index contributed by atoms with van der Waals surface area (Å²) in [6, 6.07) is 11.8. The summed E-state index contributed by atoms with van der Waals surface area (Å²) in [7, 11) is -0.580. The molecule has 184 valence electrons. The van der Waals surface area contributed by atoms with Gasteiger partial charge in [-0.3, -0.25) is 19.9 Å². The molecule has 0 fully saturated rings. The quantitative estimate of drug-likeness (QED) is 0.487. The predicted molar refractivity (Wildman–Crippen MR) is 138 cm³/mol. The van der Waals surface area contributed by atoms with Crippen molar-refractivity contribution in [2.75, 3.05) is 30.9 Å². The summed E-state index contributed by atoms with van der Waals surface area (Å²) in [6.45, 7) is 5.98. The van der Waals surface area contributed by atoms with Crippen LogP contribution in [0.4, 0.5) is 11.6 Å². The number of carbonyl (C=O) groups excluding carboxylic acids is 1. The second-order valence-electron chi connectivity index (χ2n) is 9.31. The number of sulfonamides is 1. The van der Waals surface area contributed by atoms with Gasteiger partial charge in [0, 0.05) is 31.7 Å². The minimum atomic E-state index is -3.54. The molecule has 0 aliphatic rings. The van der Waals surface area contributed by atoms with Crippen LogP contribution in [0.2, 0.25) is 0 Å². The molecule has 0 spiro atoms. The zero-order valence-corrected chi connectivity index (χ0v) is 21.2. The van der Waals surface area contributed by atoms with Gasteiger partial charge >= 0.3 is 0 Å². The SMILES string of the molecule is C#CCN(Cc1ccc2nc(NC(=O)C(C)(C)C)[nH]c(=O)c2c1)c1ccc(S(=O)(=O)N(C)C)cc1. The third kappa shape index (κ3) is 5.88. The van der Waals surface area contributed by atoms with Crippen molar-refractivity contribution >= 4 is 38.5 Å². The van der Waals surface area contributed by atoms with E-state index in [0.717, 1.165) is 15.6 Å². The second-order valence-corrected chi connectivity index (χ2v) is 11.5. The maximum atomic E-state index is 12.7. The Kier molecular flexibility index (Phi) is 7.33. The van der Waals surface area contributed by atoms with E-state index >= 15 is 0 Å². The number of hydrogen-bond acceptors (Lipinski definition) is 6. The second kappa shape index (κ2) is 9.90. The number of nitrogens with zero attached hydrogens (tertiary/aromatic N) is 3. The molecule has 3 aromatic rings. The summed E-state index contributed by atoms with van der Waals surface area (Å²) >= 11 is 0. The first-order valence-corrected chi connectivity index (χ1v) is 12.3. The summed E-state index contributed by atoms with van der Waals surface area (Å²) in [5.41, 5.74) is 1.00. The Hall–Kier alpha value is -3.68. The van der Waals surface area contributed by atoms with E-state index < -0.39 is 15.4 Å². The third-order valence-corrected chi connectivity index (χ3v) is 7.15. The number of rotatable bonds is 7. The molecule has 10 heteroatoms. The van der Waals surface area contributed by atoms with Gasteiger partial charge in [-0.15, -0.1) is 6.42 Å². The number of carbonyl (C=O) groups is 1. The molecule has 0 atom stereocenters. The van der Waals surface area contributed by atoms with Crippen molar-refractivity contribution in [3.63, 3.8) is 0 Å². The highest BCUT2D eigenvalue weighted by Gasteiger charge is 2.22. The molecular weight excluding hydrogens is 466 g/mol. The first-order chi connectivity index (χ1) is 16.3. The first kappa shape index (κ1) is 25.9. The van der Waals surface area contributed by atoms with Crippen LogP contribution >= 0.6 is 0 Å². The van der Waals surface area contributed by atoms with E-state index in [2.05, 4.69) is 21.2 Å². The van der Waals surface area contributed by atoms with Crippen molar-refractivity contribution in [1.82, 2.24) is 14.3 Å². The van der Waals surface area contributed by atoms with E-state index in [1.807, 2.05) is 11.0 Å². The molecule has 1 aromatic heterocycles. The molecule has 2 N–H and O–H groups in total. The number of aromatic amines is 1. The van der Waals surface area contributed by atoms with E-state index in [9.17, 15) is 18.0 Å².